The van der Waals surface area contributed by atoms with Crippen molar-refractivity contribution in [1.29, 1.82) is 0 Å². The van der Waals surface area contributed by atoms with E-state index in [1.807, 2.05) is 30.3 Å². The highest BCUT2D eigenvalue weighted by Gasteiger charge is 2.13. The highest BCUT2D eigenvalue weighted by molar-refractivity contribution is 7.99. The lowest BCUT2D eigenvalue weighted by atomic mass is 9.87. The van der Waals surface area contributed by atoms with E-state index in [-0.39, 0.29) is 5.41 Å². The van der Waals surface area contributed by atoms with E-state index in [2.05, 4.69) is 44.8 Å². The first kappa shape index (κ1) is 16.9. The van der Waals surface area contributed by atoms with Crippen LogP contribution in [0.25, 0.3) is 11.1 Å². The van der Waals surface area contributed by atoms with Crippen molar-refractivity contribution in [2.75, 3.05) is 12.4 Å². The van der Waals surface area contributed by atoms with Gasteiger partial charge in [-0.25, -0.2) is 4.98 Å². The number of hydrogen-bond acceptors (Lipinski definition) is 4. The van der Waals surface area contributed by atoms with Gasteiger partial charge in [-0.1, -0.05) is 50.7 Å². The van der Waals surface area contributed by atoms with Crippen LogP contribution in [0.1, 0.15) is 31.9 Å². The maximum absolute atomic E-state index is 5.80. The van der Waals surface area contributed by atoms with Crippen LogP contribution in [0, 0.1) is 6.92 Å². The molecule has 0 fully saturated rings. The molecular formula is C20H23NO2S. The van der Waals surface area contributed by atoms with Gasteiger partial charge in [-0.2, -0.15) is 0 Å². The molecule has 126 valence electrons. The van der Waals surface area contributed by atoms with Gasteiger partial charge in [0.1, 0.15) is 11.3 Å². The molecule has 1 aromatic heterocycles. The van der Waals surface area contributed by atoms with E-state index in [1.165, 1.54) is 11.1 Å². The molecule has 0 saturated carbocycles. The largest absolute Gasteiger partial charge is 0.493 e. The van der Waals surface area contributed by atoms with Gasteiger partial charge in [-0.05, 0) is 47.7 Å². The molecule has 0 N–H and O–H groups in total. The number of fused-ring (bicyclic) bond motifs is 1. The molecule has 0 radical (unpaired) electrons. The summed E-state index contributed by atoms with van der Waals surface area (Å²) in [4.78, 5) is 4.50. The quantitative estimate of drug-likeness (QED) is 0.447. The average Bonchev–Trinajstić information content (AvgIpc) is 2.93. The molecule has 0 bridgehead atoms. The van der Waals surface area contributed by atoms with E-state index in [9.17, 15) is 0 Å². The van der Waals surface area contributed by atoms with E-state index < -0.39 is 0 Å². The summed E-state index contributed by atoms with van der Waals surface area (Å²) < 4.78 is 11.5. The van der Waals surface area contributed by atoms with Crippen LogP contribution in [-0.2, 0) is 5.41 Å². The molecule has 0 unspecified atom stereocenters. The van der Waals surface area contributed by atoms with E-state index in [0.29, 0.717) is 11.8 Å². The second-order valence-corrected chi connectivity index (χ2v) is 7.97. The van der Waals surface area contributed by atoms with Gasteiger partial charge in [-0.3, -0.25) is 0 Å². The minimum Gasteiger partial charge on any atom is -0.493 e. The Kier molecular flexibility index (Phi) is 4.86. The second kappa shape index (κ2) is 6.89. The fourth-order valence-electron chi connectivity index (χ4n) is 2.42. The van der Waals surface area contributed by atoms with Gasteiger partial charge < -0.3 is 9.15 Å². The van der Waals surface area contributed by atoms with Crippen molar-refractivity contribution in [1.82, 2.24) is 4.98 Å². The highest BCUT2D eigenvalue weighted by Crippen LogP contribution is 2.26. The smallest absolute Gasteiger partial charge is 0.256 e. The lowest BCUT2D eigenvalue weighted by Crippen LogP contribution is -2.10. The fraction of sp³-hybridized carbons (Fsp3) is 0.350. The number of hydrogen-bond donors (Lipinski definition) is 0. The third-order valence-corrected chi connectivity index (χ3v) is 4.61. The molecular weight excluding hydrogens is 318 g/mol. The number of ether oxygens (including phenoxy) is 1. The Balaban J connectivity index is 1.51. The van der Waals surface area contributed by atoms with Crippen molar-refractivity contribution in [3.63, 3.8) is 0 Å². The molecule has 3 rings (SSSR count). The van der Waals surface area contributed by atoms with Crippen LogP contribution in [0.3, 0.4) is 0 Å². The van der Waals surface area contributed by atoms with Crippen molar-refractivity contribution < 1.29 is 9.15 Å². The summed E-state index contributed by atoms with van der Waals surface area (Å²) in [6, 6.07) is 14.4. The third-order valence-electron chi connectivity index (χ3n) is 3.82. The van der Waals surface area contributed by atoms with Crippen LogP contribution in [-0.4, -0.2) is 17.3 Å². The summed E-state index contributed by atoms with van der Waals surface area (Å²) in [6.45, 7) is 9.31. The number of aromatic nitrogens is 1. The molecule has 24 heavy (non-hydrogen) atoms. The summed E-state index contributed by atoms with van der Waals surface area (Å²) in [6.07, 6.45) is 0. The maximum Gasteiger partial charge on any atom is 0.256 e. The van der Waals surface area contributed by atoms with Gasteiger partial charge in [0.25, 0.3) is 5.22 Å². The molecule has 0 saturated heterocycles. The Morgan fingerprint density at radius 2 is 1.83 bits per heavy atom. The summed E-state index contributed by atoms with van der Waals surface area (Å²) in [7, 11) is 0. The van der Waals surface area contributed by atoms with Crippen LogP contribution >= 0.6 is 11.8 Å². The fourth-order valence-corrected chi connectivity index (χ4v) is 3.07. The zero-order chi connectivity index (χ0) is 17.2. The van der Waals surface area contributed by atoms with Gasteiger partial charge in [0, 0.05) is 5.75 Å². The number of benzene rings is 2. The predicted molar refractivity (Wildman–Crippen MR) is 100 cm³/mol. The minimum absolute atomic E-state index is 0.166. The van der Waals surface area contributed by atoms with Gasteiger partial charge >= 0.3 is 0 Å². The van der Waals surface area contributed by atoms with Crippen molar-refractivity contribution in [2.45, 2.75) is 38.3 Å². The number of aryl methyl sites for hydroxylation is 1. The zero-order valence-electron chi connectivity index (χ0n) is 14.6. The van der Waals surface area contributed by atoms with Gasteiger partial charge in [0.15, 0.2) is 5.58 Å². The van der Waals surface area contributed by atoms with E-state index in [4.69, 9.17) is 9.15 Å². The van der Waals surface area contributed by atoms with E-state index >= 15 is 0 Å². The Bertz CT molecular complexity index is 816. The molecule has 3 nitrogen and oxygen atoms in total. The zero-order valence-corrected chi connectivity index (χ0v) is 15.4. The minimum atomic E-state index is 0.166. The van der Waals surface area contributed by atoms with Crippen LogP contribution < -0.4 is 4.74 Å². The van der Waals surface area contributed by atoms with Gasteiger partial charge in [0.05, 0.1) is 6.61 Å². The van der Waals surface area contributed by atoms with Crippen molar-refractivity contribution in [3.8, 4) is 5.75 Å². The lowest BCUT2D eigenvalue weighted by Gasteiger charge is -2.19. The Hall–Kier alpha value is -1.94. The molecule has 1 heterocycles. The lowest BCUT2D eigenvalue weighted by molar-refractivity contribution is 0.343. The topological polar surface area (TPSA) is 35.3 Å². The SMILES string of the molecule is Cc1ccc2oc(SCCOc3ccc(C(C)(C)C)cc3)nc2c1. The van der Waals surface area contributed by atoms with Gasteiger partial charge in [-0.15, -0.1) is 0 Å². The Morgan fingerprint density at radius 3 is 2.54 bits per heavy atom. The van der Waals surface area contributed by atoms with E-state index in [1.54, 1.807) is 11.8 Å². The predicted octanol–water partition coefficient (Wildman–Crippen LogP) is 5.60. The van der Waals surface area contributed by atoms with Crippen molar-refractivity contribution in [3.05, 3.63) is 53.6 Å². The van der Waals surface area contributed by atoms with Crippen LogP contribution in [0.2, 0.25) is 0 Å². The number of nitrogens with zero attached hydrogens (tertiary/aromatic N) is 1. The first-order valence-corrected chi connectivity index (χ1v) is 9.14. The van der Waals surface area contributed by atoms with Crippen LogP contribution in [0.5, 0.6) is 5.75 Å². The molecule has 0 spiro atoms. The summed E-state index contributed by atoms with van der Waals surface area (Å²) in [5.74, 6) is 1.70. The monoisotopic (exact) mass is 341 g/mol. The molecule has 0 aliphatic rings. The van der Waals surface area contributed by atoms with E-state index in [0.717, 1.165) is 22.6 Å². The molecule has 2 aromatic carbocycles. The van der Waals surface area contributed by atoms with Crippen molar-refractivity contribution in [2.24, 2.45) is 0 Å². The van der Waals surface area contributed by atoms with Gasteiger partial charge in [0.2, 0.25) is 0 Å². The number of rotatable bonds is 5. The maximum atomic E-state index is 5.80. The highest BCUT2D eigenvalue weighted by atomic mass is 32.2. The van der Waals surface area contributed by atoms with Crippen molar-refractivity contribution >= 4 is 22.9 Å². The number of oxazole rings is 1. The van der Waals surface area contributed by atoms with Crippen LogP contribution in [0.4, 0.5) is 0 Å². The van der Waals surface area contributed by atoms with Crippen LogP contribution in [0.15, 0.2) is 52.1 Å². The normalized spacial score (nSPS) is 11.8. The summed E-state index contributed by atoms with van der Waals surface area (Å²) >= 11 is 1.58. The molecule has 0 aliphatic carbocycles. The molecule has 3 aromatic rings. The molecule has 0 amide bonds. The average molecular weight is 341 g/mol. The second-order valence-electron chi connectivity index (χ2n) is 6.92. The Morgan fingerprint density at radius 1 is 1.08 bits per heavy atom. The third kappa shape index (κ3) is 4.12. The molecule has 0 aliphatic heterocycles. The first-order chi connectivity index (χ1) is 11.4. The first-order valence-electron chi connectivity index (χ1n) is 8.15. The summed E-state index contributed by atoms with van der Waals surface area (Å²) in [5, 5.41) is 0.697. The molecule has 4 heteroatoms. The molecule has 0 atom stereocenters. The summed E-state index contributed by atoms with van der Waals surface area (Å²) in [5.41, 5.74) is 4.41. The standard InChI is InChI=1S/C20H23NO2S/c1-14-5-10-18-17(13-14)21-19(23-18)24-12-11-22-16-8-6-15(7-9-16)20(2,3)4/h5-10,13H,11-12H2,1-4H3. The Labute approximate surface area is 147 Å². The number of thioether (sulfide) groups is 1.